The molecule has 1 nitrogen and oxygen atoms in total. The standard InChI is InChI=1S/C46H32O/c1-29-21-22-43-40(23-29)41-24-30(2)25-42(46(41)47-43)45-38-19-11-9-17-36(38)44(37-18-10-12-20-39(37)45)35-27-33(31-13-5-3-6-14-31)26-34(28-35)32-15-7-4-8-16-32/h3-28H,1-2H3. The fourth-order valence-electron chi connectivity index (χ4n) is 7.42. The summed E-state index contributed by atoms with van der Waals surface area (Å²) in [7, 11) is 0. The zero-order valence-corrected chi connectivity index (χ0v) is 26.4. The molecule has 1 aromatic heterocycles. The van der Waals surface area contributed by atoms with Crippen LogP contribution in [0.25, 0.3) is 88.0 Å². The van der Waals surface area contributed by atoms with Crippen molar-refractivity contribution in [3.05, 3.63) is 169 Å². The third-order valence-electron chi connectivity index (χ3n) is 9.51. The van der Waals surface area contributed by atoms with E-state index < -0.39 is 0 Å². The van der Waals surface area contributed by atoms with Gasteiger partial charge < -0.3 is 4.42 Å². The fraction of sp³-hybridized carbons (Fsp3) is 0.0435. The minimum Gasteiger partial charge on any atom is -0.455 e. The molecule has 0 atom stereocenters. The zero-order valence-electron chi connectivity index (χ0n) is 26.4. The molecule has 0 spiro atoms. The van der Waals surface area contributed by atoms with Gasteiger partial charge in [0, 0.05) is 21.9 Å². The Morgan fingerprint density at radius 2 is 0.830 bits per heavy atom. The van der Waals surface area contributed by atoms with Crippen LogP contribution >= 0.6 is 0 Å². The highest BCUT2D eigenvalue weighted by atomic mass is 16.3. The van der Waals surface area contributed by atoms with Crippen molar-refractivity contribution in [1.82, 2.24) is 0 Å². The maximum Gasteiger partial charge on any atom is 0.143 e. The van der Waals surface area contributed by atoms with Gasteiger partial charge in [-0.2, -0.15) is 0 Å². The lowest BCUT2D eigenvalue weighted by Crippen LogP contribution is -1.93. The number of furan rings is 1. The summed E-state index contributed by atoms with van der Waals surface area (Å²) in [5.41, 5.74) is 13.9. The molecule has 1 heterocycles. The van der Waals surface area contributed by atoms with E-state index in [2.05, 4.69) is 172 Å². The number of hydrogen-bond acceptors (Lipinski definition) is 1. The van der Waals surface area contributed by atoms with E-state index in [1.165, 1.54) is 82.4 Å². The molecule has 0 aliphatic rings. The maximum absolute atomic E-state index is 6.69. The van der Waals surface area contributed by atoms with Gasteiger partial charge in [-0.05, 0) is 117 Å². The summed E-state index contributed by atoms with van der Waals surface area (Å²) < 4.78 is 6.69. The Morgan fingerprint density at radius 1 is 0.340 bits per heavy atom. The van der Waals surface area contributed by atoms with Gasteiger partial charge in [0.25, 0.3) is 0 Å². The van der Waals surface area contributed by atoms with Gasteiger partial charge in [-0.3, -0.25) is 0 Å². The molecule has 0 saturated heterocycles. The normalized spacial score (nSPS) is 11.6. The molecule has 8 aromatic carbocycles. The largest absolute Gasteiger partial charge is 0.455 e. The minimum atomic E-state index is 0.925. The van der Waals surface area contributed by atoms with Crippen molar-refractivity contribution in [2.24, 2.45) is 0 Å². The van der Waals surface area contributed by atoms with Crippen molar-refractivity contribution in [1.29, 1.82) is 0 Å². The summed E-state index contributed by atoms with van der Waals surface area (Å²) in [5.74, 6) is 0. The second-order valence-corrected chi connectivity index (χ2v) is 12.7. The molecule has 0 amide bonds. The first-order chi connectivity index (χ1) is 23.1. The minimum absolute atomic E-state index is 0.925. The van der Waals surface area contributed by atoms with E-state index in [9.17, 15) is 0 Å². The van der Waals surface area contributed by atoms with E-state index in [-0.39, 0.29) is 0 Å². The van der Waals surface area contributed by atoms with Crippen LogP contribution in [0, 0.1) is 13.8 Å². The molecule has 47 heavy (non-hydrogen) atoms. The Labute approximate surface area is 274 Å². The third-order valence-corrected chi connectivity index (χ3v) is 9.51. The van der Waals surface area contributed by atoms with Crippen LogP contribution in [0.1, 0.15) is 11.1 Å². The summed E-state index contributed by atoms with van der Waals surface area (Å²) in [6, 6.07) is 57.3. The first kappa shape index (κ1) is 27.4. The maximum atomic E-state index is 6.69. The highest BCUT2D eigenvalue weighted by molar-refractivity contribution is 6.24. The molecule has 9 aromatic rings. The lowest BCUT2D eigenvalue weighted by atomic mass is 9.84. The molecular formula is C46H32O. The van der Waals surface area contributed by atoms with Crippen LogP contribution in [0.3, 0.4) is 0 Å². The lowest BCUT2D eigenvalue weighted by molar-refractivity contribution is 0.670. The predicted octanol–water partition coefficient (Wildman–Crippen LogP) is 13.2. The summed E-state index contributed by atoms with van der Waals surface area (Å²) in [4.78, 5) is 0. The molecular weight excluding hydrogens is 569 g/mol. The molecule has 1 heteroatoms. The molecule has 0 radical (unpaired) electrons. The number of fused-ring (bicyclic) bond motifs is 5. The van der Waals surface area contributed by atoms with Gasteiger partial charge in [0.2, 0.25) is 0 Å². The SMILES string of the molecule is Cc1ccc2oc3c(-c4c5ccccc5c(-c5cc(-c6ccccc6)cc(-c6ccccc6)c5)c5ccccc45)cc(C)cc3c2c1. The second kappa shape index (κ2) is 10.9. The molecule has 9 rings (SSSR count). The summed E-state index contributed by atoms with van der Waals surface area (Å²) in [6.07, 6.45) is 0. The summed E-state index contributed by atoms with van der Waals surface area (Å²) >= 11 is 0. The zero-order chi connectivity index (χ0) is 31.5. The molecule has 0 bridgehead atoms. The topological polar surface area (TPSA) is 13.1 Å². The van der Waals surface area contributed by atoms with Crippen molar-refractivity contribution in [3.8, 4) is 44.5 Å². The molecule has 0 aliphatic carbocycles. The van der Waals surface area contributed by atoms with Crippen LogP contribution in [0.4, 0.5) is 0 Å². The number of aryl methyl sites for hydroxylation is 2. The fourth-order valence-corrected chi connectivity index (χ4v) is 7.42. The lowest BCUT2D eigenvalue weighted by Gasteiger charge is -2.19. The van der Waals surface area contributed by atoms with Gasteiger partial charge >= 0.3 is 0 Å². The summed E-state index contributed by atoms with van der Waals surface area (Å²) in [6.45, 7) is 4.33. The van der Waals surface area contributed by atoms with Gasteiger partial charge in [-0.1, -0.05) is 121 Å². The number of benzene rings is 8. The Bertz CT molecular complexity index is 2510. The van der Waals surface area contributed by atoms with E-state index in [0.717, 1.165) is 16.7 Å². The Hall–Kier alpha value is -5.92. The van der Waals surface area contributed by atoms with Gasteiger partial charge in [0.05, 0.1) is 0 Å². The van der Waals surface area contributed by atoms with E-state index >= 15 is 0 Å². The van der Waals surface area contributed by atoms with Crippen molar-refractivity contribution in [2.75, 3.05) is 0 Å². The van der Waals surface area contributed by atoms with Crippen LogP contribution in [-0.2, 0) is 0 Å². The van der Waals surface area contributed by atoms with Crippen molar-refractivity contribution >= 4 is 43.5 Å². The average Bonchev–Trinajstić information content (AvgIpc) is 3.48. The molecule has 222 valence electrons. The first-order valence-corrected chi connectivity index (χ1v) is 16.3. The van der Waals surface area contributed by atoms with Crippen molar-refractivity contribution in [2.45, 2.75) is 13.8 Å². The molecule has 0 fully saturated rings. The summed E-state index contributed by atoms with van der Waals surface area (Å²) in [5, 5.41) is 7.23. The van der Waals surface area contributed by atoms with Crippen LogP contribution in [-0.4, -0.2) is 0 Å². The molecule has 0 unspecified atom stereocenters. The van der Waals surface area contributed by atoms with Crippen molar-refractivity contribution < 1.29 is 4.42 Å². The Morgan fingerprint density at radius 3 is 1.40 bits per heavy atom. The van der Waals surface area contributed by atoms with E-state index in [1.54, 1.807) is 0 Å². The number of hydrogen-bond donors (Lipinski definition) is 0. The highest BCUT2D eigenvalue weighted by Crippen LogP contribution is 2.47. The van der Waals surface area contributed by atoms with E-state index in [1.807, 2.05) is 0 Å². The van der Waals surface area contributed by atoms with Gasteiger partial charge in [-0.25, -0.2) is 0 Å². The molecule has 0 N–H and O–H groups in total. The van der Waals surface area contributed by atoms with Gasteiger partial charge in [-0.15, -0.1) is 0 Å². The highest BCUT2D eigenvalue weighted by Gasteiger charge is 2.21. The van der Waals surface area contributed by atoms with E-state index in [0.29, 0.717) is 0 Å². The van der Waals surface area contributed by atoms with Crippen LogP contribution in [0.15, 0.2) is 162 Å². The van der Waals surface area contributed by atoms with Crippen molar-refractivity contribution in [3.63, 3.8) is 0 Å². The first-order valence-electron chi connectivity index (χ1n) is 16.3. The van der Waals surface area contributed by atoms with Crippen LogP contribution < -0.4 is 0 Å². The Balaban J connectivity index is 1.40. The van der Waals surface area contributed by atoms with Crippen LogP contribution in [0.2, 0.25) is 0 Å². The van der Waals surface area contributed by atoms with Gasteiger partial charge in [0.15, 0.2) is 0 Å². The molecule has 0 saturated carbocycles. The molecule has 0 aliphatic heterocycles. The predicted molar refractivity (Wildman–Crippen MR) is 200 cm³/mol. The monoisotopic (exact) mass is 600 g/mol. The Kier molecular flexibility index (Phi) is 6.33. The second-order valence-electron chi connectivity index (χ2n) is 12.7. The average molecular weight is 601 g/mol. The van der Waals surface area contributed by atoms with Gasteiger partial charge in [0.1, 0.15) is 11.2 Å². The smallest absolute Gasteiger partial charge is 0.143 e. The number of rotatable bonds is 4. The van der Waals surface area contributed by atoms with Crippen LogP contribution in [0.5, 0.6) is 0 Å². The third kappa shape index (κ3) is 4.55. The quantitative estimate of drug-likeness (QED) is 0.183. The van der Waals surface area contributed by atoms with E-state index in [4.69, 9.17) is 4.42 Å².